The number of nitrogens with zero attached hydrogens (tertiary/aromatic N) is 2. The quantitative estimate of drug-likeness (QED) is 0.672. The summed E-state index contributed by atoms with van der Waals surface area (Å²) in [6.45, 7) is 0.346. The first kappa shape index (κ1) is 20.6. The van der Waals surface area contributed by atoms with E-state index in [-0.39, 0.29) is 30.1 Å². The number of hydrogen-bond acceptors (Lipinski definition) is 6. The molecule has 150 valence electrons. The number of methoxy groups -OCH3 is 1. The van der Waals surface area contributed by atoms with E-state index in [0.717, 1.165) is 33.5 Å². The highest BCUT2D eigenvalue weighted by Gasteiger charge is 2.34. The van der Waals surface area contributed by atoms with Gasteiger partial charge in [-0.25, -0.2) is 0 Å². The van der Waals surface area contributed by atoms with Gasteiger partial charge in [0.15, 0.2) is 0 Å². The second kappa shape index (κ2) is 9.88. The van der Waals surface area contributed by atoms with Crippen LogP contribution in [-0.2, 0) is 16.0 Å². The van der Waals surface area contributed by atoms with Crippen LogP contribution >= 0.6 is 11.8 Å². The van der Waals surface area contributed by atoms with Gasteiger partial charge in [-0.2, -0.15) is 0 Å². The Morgan fingerprint density at radius 1 is 1.24 bits per heavy atom. The molecule has 8 heteroatoms. The summed E-state index contributed by atoms with van der Waals surface area (Å²) in [7, 11) is 1.60. The Labute approximate surface area is 173 Å². The van der Waals surface area contributed by atoms with Crippen molar-refractivity contribution in [1.82, 2.24) is 15.2 Å². The lowest BCUT2D eigenvalue weighted by Gasteiger charge is -2.13. The van der Waals surface area contributed by atoms with Crippen LogP contribution in [0.4, 0.5) is 4.79 Å². The second-order valence-electron chi connectivity index (χ2n) is 6.28. The molecule has 1 aliphatic heterocycles. The lowest BCUT2D eigenvalue weighted by atomic mass is 10.1. The summed E-state index contributed by atoms with van der Waals surface area (Å²) in [6, 6.07) is 11.1. The molecule has 0 radical (unpaired) electrons. The van der Waals surface area contributed by atoms with E-state index < -0.39 is 0 Å². The van der Waals surface area contributed by atoms with Crippen molar-refractivity contribution in [2.45, 2.75) is 12.8 Å². The predicted octanol–water partition coefficient (Wildman–Crippen LogP) is 2.88. The fraction of sp³-hybridized carbons (Fsp3) is 0.238. The van der Waals surface area contributed by atoms with E-state index in [2.05, 4.69) is 10.3 Å². The number of imide groups is 1. The Morgan fingerprint density at radius 2 is 2.07 bits per heavy atom. The fourth-order valence-corrected chi connectivity index (χ4v) is 3.72. The first-order valence-corrected chi connectivity index (χ1v) is 9.94. The standard InChI is InChI=1S/C21H21N3O4S/c1-28-17-7-3-2-6-16(17)8-9-19(25)23-11-12-24-20(26)18(29-21(24)27)13-15-5-4-10-22-14-15/h2-7,10,13-14H,8-9,11-12H2,1H3,(H,23,25)/b18-13-. The maximum Gasteiger partial charge on any atom is 0.293 e. The summed E-state index contributed by atoms with van der Waals surface area (Å²) >= 11 is 0.891. The fourth-order valence-electron chi connectivity index (χ4n) is 2.86. The Balaban J connectivity index is 1.47. The minimum absolute atomic E-state index is 0.134. The number of para-hydroxylation sites is 1. The van der Waals surface area contributed by atoms with Crippen molar-refractivity contribution in [3.63, 3.8) is 0 Å². The molecule has 1 aliphatic rings. The van der Waals surface area contributed by atoms with Gasteiger partial charge in [-0.1, -0.05) is 24.3 Å². The number of carbonyl (C=O) groups is 3. The van der Waals surface area contributed by atoms with Crippen LogP contribution < -0.4 is 10.1 Å². The van der Waals surface area contributed by atoms with E-state index in [0.29, 0.717) is 17.7 Å². The monoisotopic (exact) mass is 411 g/mol. The third-order valence-corrected chi connectivity index (χ3v) is 5.23. The summed E-state index contributed by atoms with van der Waals surface area (Å²) in [6.07, 6.45) is 5.74. The number of nitrogens with one attached hydrogen (secondary N) is 1. The average Bonchev–Trinajstić information content (AvgIpc) is 3.00. The molecular formula is C21H21N3O4S. The third-order valence-electron chi connectivity index (χ3n) is 4.33. The number of benzene rings is 1. The maximum absolute atomic E-state index is 12.4. The first-order chi connectivity index (χ1) is 14.1. The Hall–Kier alpha value is -3.13. The number of carbonyl (C=O) groups excluding carboxylic acids is 3. The number of pyridine rings is 1. The number of ether oxygens (including phenoxy) is 1. The molecule has 2 aromatic rings. The van der Waals surface area contributed by atoms with E-state index in [1.807, 2.05) is 30.3 Å². The number of amides is 3. The van der Waals surface area contributed by atoms with Gasteiger partial charge in [-0.05, 0) is 47.5 Å². The van der Waals surface area contributed by atoms with E-state index in [1.54, 1.807) is 31.6 Å². The SMILES string of the molecule is COc1ccccc1CCC(=O)NCCN1C(=O)S/C(=C\c2cccnc2)C1=O. The Kier molecular flexibility index (Phi) is 7.02. The van der Waals surface area contributed by atoms with Gasteiger partial charge in [-0.3, -0.25) is 24.3 Å². The second-order valence-corrected chi connectivity index (χ2v) is 7.27. The van der Waals surface area contributed by atoms with Crippen molar-refractivity contribution in [3.05, 3.63) is 64.8 Å². The van der Waals surface area contributed by atoms with Crippen molar-refractivity contribution in [2.75, 3.05) is 20.2 Å². The summed E-state index contributed by atoms with van der Waals surface area (Å²) in [5, 5.41) is 2.42. The average molecular weight is 411 g/mol. The van der Waals surface area contributed by atoms with E-state index in [4.69, 9.17) is 4.74 Å². The van der Waals surface area contributed by atoms with Gasteiger partial charge < -0.3 is 10.1 Å². The molecule has 0 spiro atoms. The molecule has 0 atom stereocenters. The molecule has 29 heavy (non-hydrogen) atoms. The van der Waals surface area contributed by atoms with Gasteiger partial charge in [-0.15, -0.1) is 0 Å². The Morgan fingerprint density at radius 3 is 2.83 bits per heavy atom. The lowest BCUT2D eigenvalue weighted by Crippen LogP contribution is -2.37. The van der Waals surface area contributed by atoms with Gasteiger partial charge in [0, 0.05) is 31.9 Å². The van der Waals surface area contributed by atoms with Crippen LogP contribution in [-0.4, -0.2) is 47.1 Å². The normalized spacial score (nSPS) is 15.1. The largest absolute Gasteiger partial charge is 0.496 e. The van der Waals surface area contributed by atoms with Crippen LogP contribution in [0.15, 0.2) is 53.7 Å². The number of aryl methyl sites for hydroxylation is 1. The molecular weight excluding hydrogens is 390 g/mol. The van der Waals surface area contributed by atoms with Crippen LogP contribution in [0.3, 0.4) is 0 Å². The van der Waals surface area contributed by atoms with Gasteiger partial charge in [0.25, 0.3) is 11.1 Å². The molecule has 1 aromatic carbocycles. The minimum Gasteiger partial charge on any atom is -0.496 e. The highest BCUT2D eigenvalue weighted by molar-refractivity contribution is 8.18. The number of hydrogen-bond donors (Lipinski definition) is 1. The summed E-state index contributed by atoms with van der Waals surface area (Å²) in [4.78, 5) is 42.2. The summed E-state index contributed by atoms with van der Waals surface area (Å²) < 4.78 is 5.28. The molecule has 3 rings (SSSR count). The first-order valence-electron chi connectivity index (χ1n) is 9.12. The van der Waals surface area contributed by atoms with E-state index in [1.165, 1.54) is 0 Å². The smallest absolute Gasteiger partial charge is 0.293 e. The lowest BCUT2D eigenvalue weighted by molar-refractivity contribution is -0.124. The zero-order valence-electron chi connectivity index (χ0n) is 16.0. The summed E-state index contributed by atoms with van der Waals surface area (Å²) in [5.41, 5.74) is 1.71. The van der Waals surface area contributed by atoms with Crippen molar-refractivity contribution in [2.24, 2.45) is 0 Å². The molecule has 1 aromatic heterocycles. The van der Waals surface area contributed by atoms with Crippen LogP contribution in [0.2, 0.25) is 0 Å². The van der Waals surface area contributed by atoms with E-state index in [9.17, 15) is 14.4 Å². The Bertz CT molecular complexity index is 931. The third kappa shape index (κ3) is 5.45. The van der Waals surface area contributed by atoms with Crippen molar-refractivity contribution >= 4 is 34.9 Å². The number of thioether (sulfide) groups is 1. The zero-order chi connectivity index (χ0) is 20.6. The van der Waals surface area contributed by atoms with Crippen molar-refractivity contribution in [1.29, 1.82) is 0 Å². The molecule has 7 nitrogen and oxygen atoms in total. The van der Waals surface area contributed by atoms with E-state index >= 15 is 0 Å². The van der Waals surface area contributed by atoms with Crippen LogP contribution in [0.1, 0.15) is 17.5 Å². The maximum atomic E-state index is 12.4. The molecule has 1 fully saturated rings. The molecule has 0 saturated carbocycles. The highest BCUT2D eigenvalue weighted by Crippen LogP contribution is 2.31. The molecule has 0 unspecified atom stereocenters. The predicted molar refractivity (Wildman–Crippen MR) is 111 cm³/mol. The molecule has 0 aliphatic carbocycles. The minimum atomic E-state index is -0.355. The van der Waals surface area contributed by atoms with Crippen LogP contribution in [0.5, 0.6) is 5.75 Å². The number of aromatic nitrogens is 1. The molecule has 2 heterocycles. The molecule has 1 N–H and O–H groups in total. The topological polar surface area (TPSA) is 88.6 Å². The van der Waals surface area contributed by atoms with Crippen molar-refractivity contribution < 1.29 is 19.1 Å². The van der Waals surface area contributed by atoms with Crippen LogP contribution in [0, 0.1) is 0 Å². The van der Waals surface area contributed by atoms with Crippen molar-refractivity contribution in [3.8, 4) is 5.75 Å². The van der Waals surface area contributed by atoms with Crippen LogP contribution in [0.25, 0.3) is 6.08 Å². The number of rotatable bonds is 8. The van der Waals surface area contributed by atoms with Gasteiger partial charge in [0.1, 0.15) is 5.75 Å². The van der Waals surface area contributed by atoms with Gasteiger partial charge in [0.2, 0.25) is 5.91 Å². The molecule has 1 saturated heterocycles. The molecule has 0 bridgehead atoms. The summed E-state index contributed by atoms with van der Waals surface area (Å²) in [5.74, 6) is 0.249. The highest BCUT2D eigenvalue weighted by atomic mass is 32.2. The molecule has 3 amide bonds. The zero-order valence-corrected chi connectivity index (χ0v) is 16.8. The van der Waals surface area contributed by atoms with Gasteiger partial charge in [0.05, 0.1) is 12.0 Å². The van der Waals surface area contributed by atoms with Gasteiger partial charge >= 0.3 is 0 Å².